The monoisotopic (exact) mass is 228 g/mol. The summed E-state index contributed by atoms with van der Waals surface area (Å²) < 4.78 is 5.58. The van der Waals surface area contributed by atoms with Gasteiger partial charge in [-0.15, -0.1) is 21.8 Å². The molecule has 3 unspecified atom stereocenters. The highest BCUT2D eigenvalue weighted by Crippen LogP contribution is 2.35. The van der Waals surface area contributed by atoms with Gasteiger partial charge in [-0.25, -0.2) is 0 Å². The maximum atomic E-state index is 5.89. The van der Waals surface area contributed by atoms with Gasteiger partial charge >= 0.3 is 0 Å². The van der Waals surface area contributed by atoms with Crippen molar-refractivity contribution in [1.82, 2.24) is 10.2 Å². The highest BCUT2D eigenvalue weighted by Gasteiger charge is 2.25. The minimum absolute atomic E-state index is 0.188. The molecule has 1 heterocycles. The average Bonchev–Trinajstić information content (AvgIpc) is 2.66. The minimum Gasteiger partial charge on any atom is -0.423 e. The third-order valence-electron chi connectivity index (χ3n) is 3.08. The molecule has 0 radical (unpaired) electrons. The van der Waals surface area contributed by atoms with Crippen molar-refractivity contribution in [3.63, 3.8) is 0 Å². The summed E-state index contributed by atoms with van der Waals surface area (Å²) in [5.41, 5.74) is 0. The molecule has 4 heteroatoms. The number of hydrogen-bond donors (Lipinski definition) is 0. The summed E-state index contributed by atoms with van der Waals surface area (Å²) in [5, 5.41) is 7.87. The summed E-state index contributed by atoms with van der Waals surface area (Å²) in [6.07, 6.45) is 4.92. The topological polar surface area (TPSA) is 38.9 Å². The zero-order chi connectivity index (χ0) is 10.8. The smallest absolute Gasteiger partial charge is 0.234 e. The van der Waals surface area contributed by atoms with Gasteiger partial charge in [0.1, 0.15) is 5.38 Å². The first-order chi connectivity index (χ1) is 7.16. The maximum Gasteiger partial charge on any atom is 0.234 e. The fraction of sp³-hybridized carbons (Fsp3) is 0.818. The first-order valence-corrected chi connectivity index (χ1v) is 6.08. The van der Waals surface area contributed by atoms with Crippen LogP contribution in [-0.2, 0) is 0 Å². The molecule has 0 N–H and O–H groups in total. The number of aromatic nitrogens is 2. The number of rotatable bonds is 2. The Bertz CT molecular complexity index is 324. The van der Waals surface area contributed by atoms with Crippen molar-refractivity contribution in [3.05, 3.63) is 11.8 Å². The zero-order valence-electron chi connectivity index (χ0n) is 9.24. The van der Waals surface area contributed by atoms with E-state index in [1.54, 1.807) is 0 Å². The van der Waals surface area contributed by atoms with Crippen molar-refractivity contribution in [2.75, 3.05) is 0 Å². The number of hydrogen-bond acceptors (Lipinski definition) is 3. The molecule has 2 rings (SSSR count). The van der Waals surface area contributed by atoms with Crippen LogP contribution in [-0.4, -0.2) is 10.2 Å². The van der Waals surface area contributed by atoms with Crippen LogP contribution in [0.2, 0.25) is 0 Å². The predicted molar refractivity (Wildman–Crippen MR) is 58.9 cm³/mol. The quantitative estimate of drug-likeness (QED) is 0.725. The Morgan fingerprint density at radius 1 is 1.40 bits per heavy atom. The van der Waals surface area contributed by atoms with E-state index < -0.39 is 0 Å². The highest BCUT2D eigenvalue weighted by atomic mass is 35.5. The van der Waals surface area contributed by atoms with Crippen LogP contribution in [0.15, 0.2) is 4.42 Å². The molecule has 0 amide bonds. The van der Waals surface area contributed by atoms with Gasteiger partial charge in [0.05, 0.1) is 0 Å². The van der Waals surface area contributed by atoms with E-state index in [1.165, 1.54) is 19.3 Å². The first kappa shape index (κ1) is 10.9. The number of halogens is 1. The number of nitrogens with zero attached hydrogens (tertiary/aromatic N) is 2. The van der Waals surface area contributed by atoms with Crippen molar-refractivity contribution in [3.8, 4) is 0 Å². The maximum absolute atomic E-state index is 5.89. The van der Waals surface area contributed by atoms with E-state index in [2.05, 4.69) is 17.1 Å². The molecule has 0 saturated heterocycles. The van der Waals surface area contributed by atoms with Crippen LogP contribution in [0.5, 0.6) is 0 Å². The van der Waals surface area contributed by atoms with E-state index in [4.69, 9.17) is 16.0 Å². The second-order valence-electron chi connectivity index (χ2n) is 4.56. The molecule has 0 spiro atoms. The molecule has 15 heavy (non-hydrogen) atoms. The Balaban J connectivity index is 2.08. The van der Waals surface area contributed by atoms with Crippen LogP contribution in [0.1, 0.15) is 62.6 Å². The van der Waals surface area contributed by atoms with Crippen LogP contribution >= 0.6 is 11.6 Å². The van der Waals surface area contributed by atoms with E-state index >= 15 is 0 Å². The molecule has 1 fully saturated rings. The van der Waals surface area contributed by atoms with Crippen LogP contribution in [0.3, 0.4) is 0 Å². The molecule has 84 valence electrons. The molecular formula is C11H17ClN2O. The summed E-state index contributed by atoms with van der Waals surface area (Å²) in [5.74, 6) is 2.55. The van der Waals surface area contributed by atoms with Gasteiger partial charge in [-0.1, -0.05) is 19.8 Å². The lowest BCUT2D eigenvalue weighted by Crippen LogP contribution is -2.11. The standard InChI is InChI=1S/C11H17ClN2O/c1-7-4-3-5-9(6-7)11-14-13-10(15-11)8(2)12/h7-9H,3-6H2,1-2H3. The van der Waals surface area contributed by atoms with E-state index in [0.717, 1.165) is 18.2 Å². The molecule has 3 atom stereocenters. The van der Waals surface area contributed by atoms with Gasteiger partial charge in [0.25, 0.3) is 0 Å². The second kappa shape index (κ2) is 4.52. The summed E-state index contributed by atoms with van der Waals surface area (Å²) >= 11 is 5.89. The van der Waals surface area contributed by atoms with Gasteiger partial charge in [0.15, 0.2) is 0 Å². The SMILES string of the molecule is CC1CCCC(c2nnc(C(C)Cl)o2)C1. The predicted octanol–water partition coefficient (Wildman–Crippen LogP) is 3.66. The van der Waals surface area contributed by atoms with E-state index in [9.17, 15) is 0 Å². The third-order valence-corrected chi connectivity index (χ3v) is 3.27. The summed E-state index contributed by atoms with van der Waals surface area (Å²) in [6, 6.07) is 0. The lowest BCUT2D eigenvalue weighted by Gasteiger charge is -2.23. The Morgan fingerprint density at radius 3 is 2.80 bits per heavy atom. The summed E-state index contributed by atoms with van der Waals surface area (Å²) in [7, 11) is 0. The van der Waals surface area contributed by atoms with Gasteiger partial charge in [0.2, 0.25) is 11.8 Å². The third kappa shape index (κ3) is 2.51. The van der Waals surface area contributed by atoms with Gasteiger partial charge in [-0.05, 0) is 25.7 Å². The van der Waals surface area contributed by atoms with Crippen molar-refractivity contribution >= 4 is 11.6 Å². The highest BCUT2D eigenvalue weighted by molar-refractivity contribution is 6.20. The van der Waals surface area contributed by atoms with Crippen molar-refractivity contribution in [2.45, 2.75) is 50.8 Å². The van der Waals surface area contributed by atoms with E-state index in [1.807, 2.05) is 6.92 Å². The first-order valence-electron chi connectivity index (χ1n) is 5.64. The second-order valence-corrected chi connectivity index (χ2v) is 5.22. The lowest BCUT2D eigenvalue weighted by atomic mass is 9.82. The summed E-state index contributed by atoms with van der Waals surface area (Å²) in [4.78, 5) is 0. The molecule has 3 nitrogen and oxygen atoms in total. The van der Waals surface area contributed by atoms with E-state index in [-0.39, 0.29) is 5.38 Å². The molecule has 0 aromatic carbocycles. The Kier molecular flexibility index (Phi) is 3.29. The van der Waals surface area contributed by atoms with Gasteiger partial charge in [0, 0.05) is 5.92 Å². The van der Waals surface area contributed by atoms with Crippen LogP contribution in [0.25, 0.3) is 0 Å². The zero-order valence-corrected chi connectivity index (χ0v) is 10.00. The Hall–Kier alpha value is -0.570. The van der Waals surface area contributed by atoms with Crippen molar-refractivity contribution in [1.29, 1.82) is 0 Å². The number of alkyl halides is 1. The van der Waals surface area contributed by atoms with Crippen LogP contribution in [0.4, 0.5) is 0 Å². The fourth-order valence-electron chi connectivity index (χ4n) is 2.23. The van der Waals surface area contributed by atoms with E-state index in [0.29, 0.717) is 11.8 Å². The lowest BCUT2D eigenvalue weighted by molar-refractivity contribution is 0.296. The molecule has 1 aromatic heterocycles. The fourth-order valence-corrected chi connectivity index (χ4v) is 2.32. The molecule has 0 aliphatic heterocycles. The molecule has 1 aromatic rings. The molecule has 0 bridgehead atoms. The van der Waals surface area contributed by atoms with Crippen molar-refractivity contribution in [2.24, 2.45) is 5.92 Å². The molecular weight excluding hydrogens is 212 g/mol. The molecule has 1 saturated carbocycles. The molecule has 1 aliphatic rings. The van der Waals surface area contributed by atoms with Gasteiger partial charge in [-0.3, -0.25) is 0 Å². The Labute approximate surface area is 95.2 Å². The Morgan fingerprint density at radius 2 is 2.20 bits per heavy atom. The van der Waals surface area contributed by atoms with Crippen molar-refractivity contribution < 1.29 is 4.42 Å². The molecule has 1 aliphatic carbocycles. The van der Waals surface area contributed by atoms with Gasteiger partial charge in [-0.2, -0.15) is 0 Å². The normalized spacial score (nSPS) is 29.0. The van der Waals surface area contributed by atoms with Crippen LogP contribution in [0, 0.1) is 5.92 Å². The largest absolute Gasteiger partial charge is 0.423 e. The summed E-state index contributed by atoms with van der Waals surface area (Å²) in [6.45, 7) is 4.13. The van der Waals surface area contributed by atoms with Gasteiger partial charge < -0.3 is 4.42 Å². The van der Waals surface area contributed by atoms with Crippen LogP contribution < -0.4 is 0 Å². The minimum atomic E-state index is -0.188. The average molecular weight is 229 g/mol.